The van der Waals surface area contributed by atoms with E-state index in [4.69, 9.17) is 0 Å². The van der Waals surface area contributed by atoms with E-state index in [1.807, 2.05) is 0 Å². The molecule has 0 rings (SSSR count). The van der Waals surface area contributed by atoms with Crippen LogP contribution < -0.4 is 0 Å². The highest BCUT2D eigenvalue weighted by Crippen LogP contribution is 2.20. The van der Waals surface area contributed by atoms with Crippen LogP contribution in [0.15, 0.2) is 12.2 Å². The molecule has 0 aliphatic heterocycles. The summed E-state index contributed by atoms with van der Waals surface area (Å²) in [5.74, 6) is 1.86. The van der Waals surface area contributed by atoms with Gasteiger partial charge in [-0.15, -0.1) is 0 Å². The van der Waals surface area contributed by atoms with Gasteiger partial charge in [0.15, 0.2) is 0 Å². The van der Waals surface area contributed by atoms with E-state index in [1.54, 1.807) is 15.8 Å². The molecule has 0 radical (unpaired) electrons. The Balaban J connectivity index is 3.48. The van der Waals surface area contributed by atoms with Crippen molar-refractivity contribution in [3.63, 3.8) is 0 Å². The van der Waals surface area contributed by atoms with Crippen LogP contribution >= 0.6 is 0 Å². The molecule has 0 saturated carbocycles. The number of hydrogen-bond acceptors (Lipinski definition) is 0. The number of hydrogen-bond donors (Lipinski definition) is 0. The van der Waals surface area contributed by atoms with Crippen LogP contribution in [-0.4, -0.2) is 14.1 Å². The SMILES string of the molecule is CC=CCCCCCCCC[CH2][Al]([CH2]C(C)C)[CH2]C(C)C. The van der Waals surface area contributed by atoms with Crippen LogP contribution in [0.2, 0.25) is 15.8 Å². The Morgan fingerprint density at radius 1 is 0.714 bits per heavy atom. The molecule has 0 aromatic rings. The van der Waals surface area contributed by atoms with Crippen molar-refractivity contribution in [1.82, 2.24) is 0 Å². The minimum Gasteiger partial charge on any atom is -0.0938 e. The normalized spacial score (nSPS) is 12.0. The molecular weight excluding hydrogens is 267 g/mol. The standard InChI is InChI=1S/C12H23.2C4H9.Al/c1-3-5-7-9-11-12-10-8-6-4-2;2*1-4(2)3;/h4,6H,1,3,5,7-12H2,2H3;2*4H,1H2,2-3H3;. The zero-order valence-electron chi connectivity index (χ0n) is 15.7. The van der Waals surface area contributed by atoms with Gasteiger partial charge in [-0.1, -0.05) is 106 Å². The summed E-state index contributed by atoms with van der Waals surface area (Å²) < 4.78 is 0. The van der Waals surface area contributed by atoms with E-state index in [1.165, 1.54) is 51.4 Å². The first-order valence-electron chi connectivity index (χ1n) is 9.67. The Morgan fingerprint density at radius 2 is 1.19 bits per heavy atom. The Hall–Kier alpha value is 0.272. The van der Waals surface area contributed by atoms with Gasteiger partial charge in [0.25, 0.3) is 14.1 Å². The van der Waals surface area contributed by atoms with Crippen molar-refractivity contribution in [1.29, 1.82) is 0 Å². The van der Waals surface area contributed by atoms with E-state index in [-0.39, 0.29) is 0 Å². The van der Waals surface area contributed by atoms with Gasteiger partial charge in [0.1, 0.15) is 0 Å². The van der Waals surface area contributed by atoms with Gasteiger partial charge in [-0.2, -0.15) is 0 Å². The molecule has 0 amide bonds. The number of allylic oxidation sites excluding steroid dienone is 2. The molecule has 0 spiro atoms. The van der Waals surface area contributed by atoms with Crippen molar-refractivity contribution in [3.05, 3.63) is 12.2 Å². The first kappa shape index (κ1) is 21.3. The average molecular weight is 309 g/mol. The van der Waals surface area contributed by atoms with E-state index in [9.17, 15) is 0 Å². The first-order valence-corrected chi connectivity index (χ1v) is 12.1. The lowest BCUT2D eigenvalue weighted by Crippen LogP contribution is -2.17. The van der Waals surface area contributed by atoms with Gasteiger partial charge in [0.05, 0.1) is 0 Å². The highest BCUT2D eigenvalue weighted by atomic mass is 27.2. The van der Waals surface area contributed by atoms with Crippen LogP contribution in [0.4, 0.5) is 0 Å². The quantitative estimate of drug-likeness (QED) is 0.177. The third-order valence-corrected chi connectivity index (χ3v) is 8.77. The molecule has 0 unspecified atom stereocenters. The van der Waals surface area contributed by atoms with Crippen LogP contribution in [0, 0.1) is 11.8 Å². The van der Waals surface area contributed by atoms with E-state index in [0.29, 0.717) is 0 Å². The summed E-state index contributed by atoms with van der Waals surface area (Å²) in [7, 11) is 0. The van der Waals surface area contributed by atoms with E-state index in [0.717, 1.165) is 11.8 Å². The van der Waals surface area contributed by atoms with Crippen molar-refractivity contribution in [2.75, 3.05) is 0 Å². The fourth-order valence-corrected chi connectivity index (χ4v) is 7.61. The van der Waals surface area contributed by atoms with Gasteiger partial charge in [0.2, 0.25) is 0 Å². The molecular formula is C20H41Al. The van der Waals surface area contributed by atoms with Gasteiger partial charge in [0, 0.05) is 0 Å². The summed E-state index contributed by atoms with van der Waals surface area (Å²) in [5.41, 5.74) is 0. The van der Waals surface area contributed by atoms with Crippen LogP contribution in [-0.2, 0) is 0 Å². The van der Waals surface area contributed by atoms with Crippen LogP contribution in [0.25, 0.3) is 0 Å². The summed E-state index contributed by atoms with van der Waals surface area (Å²) in [6.07, 6.45) is 16.0. The molecule has 124 valence electrons. The maximum absolute atomic E-state index is 2.41. The molecule has 0 aromatic heterocycles. The molecule has 21 heavy (non-hydrogen) atoms. The molecule has 0 bridgehead atoms. The first-order chi connectivity index (χ1) is 10.1. The van der Waals surface area contributed by atoms with E-state index >= 15 is 0 Å². The number of unbranched alkanes of at least 4 members (excludes halogenated alkanes) is 7. The van der Waals surface area contributed by atoms with Crippen LogP contribution in [0.1, 0.15) is 86.0 Å². The predicted octanol–water partition coefficient (Wildman–Crippen LogP) is 7.49. The summed E-state index contributed by atoms with van der Waals surface area (Å²) in [6.45, 7) is 11.8. The van der Waals surface area contributed by atoms with Crippen molar-refractivity contribution in [2.24, 2.45) is 11.8 Å². The lowest BCUT2D eigenvalue weighted by molar-refractivity contribution is 0.589. The molecule has 0 nitrogen and oxygen atoms in total. The van der Waals surface area contributed by atoms with Crippen LogP contribution in [0.3, 0.4) is 0 Å². The zero-order chi connectivity index (χ0) is 15.9. The topological polar surface area (TPSA) is 0 Å². The van der Waals surface area contributed by atoms with E-state index < -0.39 is 14.1 Å². The van der Waals surface area contributed by atoms with Gasteiger partial charge < -0.3 is 0 Å². The van der Waals surface area contributed by atoms with Crippen molar-refractivity contribution in [3.8, 4) is 0 Å². The maximum Gasteiger partial charge on any atom is 0.262 e. The second-order valence-electron chi connectivity index (χ2n) is 7.75. The minimum absolute atomic E-state index is 0.435. The number of rotatable bonds is 14. The highest BCUT2D eigenvalue weighted by molar-refractivity contribution is 6.58. The zero-order valence-corrected chi connectivity index (χ0v) is 16.8. The van der Waals surface area contributed by atoms with Crippen molar-refractivity contribution < 1.29 is 0 Å². The fourth-order valence-electron chi connectivity index (χ4n) is 3.41. The maximum atomic E-state index is 2.41. The summed E-state index contributed by atoms with van der Waals surface area (Å²) in [4.78, 5) is 0. The summed E-state index contributed by atoms with van der Waals surface area (Å²) >= 11 is -0.435. The Kier molecular flexibility index (Phi) is 15.4. The van der Waals surface area contributed by atoms with E-state index in [2.05, 4.69) is 46.8 Å². The Labute approximate surface area is 140 Å². The highest BCUT2D eigenvalue weighted by Gasteiger charge is 2.19. The molecule has 0 aliphatic rings. The second-order valence-corrected chi connectivity index (χ2v) is 11.0. The molecule has 0 N–H and O–H groups in total. The third kappa shape index (κ3) is 16.5. The molecule has 1 heteroatoms. The molecule has 0 saturated heterocycles. The molecule has 0 aromatic carbocycles. The molecule has 0 heterocycles. The van der Waals surface area contributed by atoms with Crippen LogP contribution in [0.5, 0.6) is 0 Å². The monoisotopic (exact) mass is 308 g/mol. The largest absolute Gasteiger partial charge is 0.262 e. The Bertz CT molecular complexity index is 220. The third-order valence-electron chi connectivity index (χ3n) is 4.33. The van der Waals surface area contributed by atoms with Gasteiger partial charge in [-0.3, -0.25) is 0 Å². The van der Waals surface area contributed by atoms with Gasteiger partial charge in [-0.05, 0) is 19.8 Å². The Morgan fingerprint density at radius 3 is 1.67 bits per heavy atom. The molecule has 0 aliphatic carbocycles. The minimum atomic E-state index is -0.435. The van der Waals surface area contributed by atoms with Gasteiger partial charge in [-0.25, -0.2) is 0 Å². The lowest BCUT2D eigenvalue weighted by atomic mass is 10.1. The summed E-state index contributed by atoms with van der Waals surface area (Å²) in [6, 6.07) is 0. The van der Waals surface area contributed by atoms with Crippen molar-refractivity contribution in [2.45, 2.75) is 102 Å². The molecule has 0 atom stereocenters. The smallest absolute Gasteiger partial charge is 0.0938 e. The predicted molar refractivity (Wildman–Crippen MR) is 102 cm³/mol. The molecule has 0 fully saturated rings. The van der Waals surface area contributed by atoms with Gasteiger partial charge >= 0.3 is 0 Å². The lowest BCUT2D eigenvalue weighted by Gasteiger charge is -2.16. The second kappa shape index (κ2) is 15.2. The summed E-state index contributed by atoms with van der Waals surface area (Å²) in [5, 5.41) is 4.75. The van der Waals surface area contributed by atoms with Crippen molar-refractivity contribution >= 4 is 14.1 Å². The fraction of sp³-hybridized carbons (Fsp3) is 0.900. The average Bonchev–Trinajstić information content (AvgIpc) is 2.39.